The van der Waals surface area contributed by atoms with E-state index in [4.69, 9.17) is 23.2 Å². The molecule has 0 radical (unpaired) electrons. The van der Waals surface area contributed by atoms with E-state index in [1.54, 1.807) is 18.2 Å². The van der Waals surface area contributed by atoms with E-state index in [0.717, 1.165) is 5.56 Å². The van der Waals surface area contributed by atoms with Crippen LogP contribution in [0.4, 0.5) is 4.39 Å². The van der Waals surface area contributed by atoms with Crippen molar-refractivity contribution in [2.75, 3.05) is 0 Å². The first-order chi connectivity index (χ1) is 10.7. The lowest BCUT2D eigenvalue weighted by atomic mass is 9.90. The van der Waals surface area contributed by atoms with Crippen LogP contribution >= 0.6 is 23.2 Å². The number of hydrogen-bond donors (Lipinski definition) is 0. The van der Waals surface area contributed by atoms with Crippen molar-refractivity contribution in [3.63, 3.8) is 0 Å². The van der Waals surface area contributed by atoms with Crippen LogP contribution in [0.25, 0.3) is 0 Å². The van der Waals surface area contributed by atoms with Crippen molar-refractivity contribution < 1.29 is 4.39 Å². The van der Waals surface area contributed by atoms with Crippen molar-refractivity contribution in [1.82, 2.24) is 14.8 Å². The number of rotatable bonds is 4. The zero-order chi connectivity index (χ0) is 15.5. The minimum atomic E-state index is -1.43. The number of halogens is 3. The second-order valence-corrected chi connectivity index (χ2v) is 5.65. The first-order valence-corrected chi connectivity index (χ1v) is 7.40. The third kappa shape index (κ3) is 2.98. The maximum Gasteiger partial charge on any atom is 0.204 e. The molecule has 2 atom stereocenters. The van der Waals surface area contributed by atoms with Gasteiger partial charge in [-0.05, 0) is 23.3 Å². The molecule has 6 heteroatoms. The van der Waals surface area contributed by atoms with Gasteiger partial charge in [-0.15, -0.1) is 0 Å². The molecule has 0 fully saturated rings. The lowest BCUT2D eigenvalue weighted by molar-refractivity contribution is 0.194. The summed E-state index contributed by atoms with van der Waals surface area (Å²) < 4.78 is 16.2. The third-order valence-electron chi connectivity index (χ3n) is 3.42. The first-order valence-electron chi connectivity index (χ1n) is 6.65. The molecule has 2 unspecified atom stereocenters. The summed E-state index contributed by atoms with van der Waals surface area (Å²) in [5.41, 5.74) is 1.45. The van der Waals surface area contributed by atoms with Crippen molar-refractivity contribution in [2.45, 2.75) is 12.2 Å². The molecule has 3 rings (SSSR count). The number of aromatic nitrogens is 3. The van der Waals surface area contributed by atoms with Crippen LogP contribution < -0.4 is 0 Å². The molecule has 0 saturated carbocycles. The summed E-state index contributed by atoms with van der Waals surface area (Å²) in [5.74, 6) is -0.604. The van der Waals surface area contributed by atoms with Crippen LogP contribution in [0.2, 0.25) is 10.0 Å². The van der Waals surface area contributed by atoms with Gasteiger partial charge in [0.15, 0.2) is 0 Å². The average molecular weight is 336 g/mol. The molecule has 3 nitrogen and oxygen atoms in total. The minimum Gasteiger partial charge on any atom is -0.223 e. The highest BCUT2D eigenvalue weighted by Gasteiger charge is 2.28. The van der Waals surface area contributed by atoms with E-state index in [1.807, 2.05) is 30.3 Å². The van der Waals surface area contributed by atoms with Gasteiger partial charge in [0.05, 0.1) is 5.92 Å². The molecule has 0 aliphatic rings. The first kappa shape index (κ1) is 15.0. The molecule has 0 N–H and O–H groups in total. The molecule has 0 saturated heterocycles. The molecule has 2 aromatic carbocycles. The molecule has 112 valence electrons. The number of nitrogens with zero attached hydrogens (tertiary/aromatic N) is 3. The Hall–Kier alpha value is -1.91. The molecular formula is C16H12Cl2FN3. The fourth-order valence-corrected chi connectivity index (χ4v) is 2.92. The van der Waals surface area contributed by atoms with Gasteiger partial charge in [-0.3, -0.25) is 0 Å². The van der Waals surface area contributed by atoms with Crippen molar-refractivity contribution in [1.29, 1.82) is 0 Å². The van der Waals surface area contributed by atoms with Gasteiger partial charge in [0.25, 0.3) is 0 Å². The molecule has 0 aliphatic heterocycles. The molecule has 1 aromatic heterocycles. The van der Waals surface area contributed by atoms with Crippen molar-refractivity contribution in [3.8, 4) is 0 Å². The van der Waals surface area contributed by atoms with E-state index >= 15 is 4.39 Å². The second kappa shape index (κ2) is 6.46. The van der Waals surface area contributed by atoms with Crippen LogP contribution in [0, 0.1) is 0 Å². The molecule has 0 amide bonds. The Kier molecular flexibility index (Phi) is 4.41. The SMILES string of the molecule is FC(C(c1ccccc1)c1ccc(Cl)cc1Cl)n1cncn1. The van der Waals surface area contributed by atoms with Gasteiger partial charge < -0.3 is 0 Å². The Balaban J connectivity index is 2.11. The van der Waals surface area contributed by atoms with Crippen LogP contribution in [0.3, 0.4) is 0 Å². The summed E-state index contributed by atoms with van der Waals surface area (Å²) in [7, 11) is 0. The Morgan fingerprint density at radius 3 is 2.45 bits per heavy atom. The van der Waals surface area contributed by atoms with Crippen LogP contribution in [0.1, 0.15) is 23.3 Å². The van der Waals surface area contributed by atoms with Crippen LogP contribution in [0.15, 0.2) is 61.2 Å². The maximum absolute atomic E-state index is 15.1. The largest absolute Gasteiger partial charge is 0.223 e. The van der Waals surface area contributed by atoms with Crippen LogP contribution in [-0.4, -0.2) is 14.8 Å². The van der Waals surface area contributed by atoms with Gasteiger partial charge in [-0.1, -0.05) is 59.6 Å². The number of hydrogen-bond acceptors (Lipinski definition) is 2. The number of alkyl halides is 1. The van der Waals surface area contributed by atoms with Gasteiger partial charge in [0.1, 0.15) is 12.7 Å². The molecule has 0 aliphatic carbocycles. The van der Waals surface area contributed by atoms with Crippen molar-refractivity contribution in [3.05, 3.63) is 82.4 Å². The van der Waals surface area contributed by atoms with E-state index in [0.29, 0.717) is 15.6 Å². The standard InChI is InChI=1S/C16H12Cl2FN3/c17-12-6-7-13(14(18)8-12)15(11-4-2-1-3-5-11)16(19)22-10-20-9-21-22/h1-10,15-16H. The summed E-state index contributed by atoms with van der Waals surface area (Å²) in [4.78, 5) is 3.81. The van der Waals surface area contributed by atoms with Crippen molar-refractivity contribution >= 4 is 23.2 Å². The van der Waals surface area contributed by atoms with Gasteiger partial charge >= 0.3 is 0 Å². The molecule has 0 bridgehead atoms. The van der Waals surface area contributed by atoms with Gasteiger partial charge in [0.2, 0.25) is 6.30 Å². The lowest BCUT2D eigenvalue weighted by Crippen LogP contribution is -2.16. The Bertz CT molecular complexity index is 747. The monoisotopic (exact) mass is 335 g/mol. The normalized spacial score (nSPS) is 13.8. The zero-order valence-electron chi connectivity index (χ0n) is 11.4. The van der Waals surface area contributed by atoms with E-state index in [2.05, 4.69) is 10.1 Å². The summed E-state index contributed by atoms with van der Waals surface area (Å²) >= 11 is 12.2. The predicted molar refractivity (Wildman–Crippen MR) is 84.9 cm³/mol. The smallest absolute Gasteiger partial charge is 0.204 e. The van der Waals surface area contributed by atoms with Gasteiger partial charge in [-0.25, -0.2) is 14.1 Å². The Morgan fingerprint density at radius 2 is 1.82 bits per heavy atom. The van der Waals surface area contributed by atoms with E-state index in [1.165, 1.54) is 17.3 Å². The minimum absolute atomic E-state index is 0.420. The summed E-state index contributed by atoms with van der Waals surface area (Å²) in [6.07, 6.45) is 1.23. The third-order valence-corrected chi connectivity index (χ3v) is 3.98. The fraction of sp³-hybridized carbons (Fsp3) is 0.125. The molecule has 0 spiro atoms. The second-order valence-electron chi connectivity index (χ2n) is 4.80. The lowest BCUT2D eigenvalue weighted by Gasteiger charge is -2.23. The molecule has 22 heavy (non-hydrogen) atoms. The van der Waals surface area contributed by atoms with Gasteiger partial charge in [0, 0.05) is 10.0 Å². The highest BCUT2D eigenvalue weighted by molar-refractivity contribution is 6.35. The maximum atomic E-state index is 15.1. The average Bonchev–Trinajstić information content (AvgIpc) is 3.05. The summed E-state index contributed by atoms with van der Waals surface area (Å²) in [6, 6.07) is 14.4. The summed E-state index contributed by atoms with van der Waals surface area (Å²) in [6.45, 7) is 0. The predicted octanol–water partition coefficient (Wildman–Crippen LogP) is 4.89. The van der Waals surface area contributed by atoms with E-state index in [-0.39, 0.29) is 0 Å². The zero-order valence-corrected chi connectivity index (χ0v) is 12.9. The highest BCUT2D eigenvalue weighted by atomic mass is 35.5. The summed E-state index contributed by atoms with van der Waals surface area (Å²) in [5, 5.41) is 4.83. The van der Waals surface area contributed by atoms with Crippen LogP contribution in [-0.2, 0) is 0 Å². The molecular weight excluding hydrogens is 324 g/mol. The van der Waals surface area contributed by atoms with Crippen molar-refractivity contribution in [2.24, 2.45) is 0 Å². The topological polar surface area (TPSA) is 30.7 Å². The van der Waals surface area contributed by atoms with E-state index in [9.17, 15) is 0 Å². The molecule has 3 aromatic rings. The Labute approximate surface area is 137 Å². The van der Waals surface area contributed by atoms with E-state index < -0.39 is 12.2 Å². The Morgan fingerprint density at radius 1 is 1.05 bits per heavy atom. The molecule has 1 heterocycles. The fourth-order valence-electron chi connectivity index (χ4n) is 2.40. The number of benzene rings is 2. The highest BCUT2D eigenvalue weighted by Crippen LogP contribution is 2.39. The van der Waals surface area contributed by atoms with Crippen LogP contribution in [0.5, 0.6) is 0 Å². The quantitative estimate of drug-likeness (QED) is 0.679. The van der Waals surface area contributed by atoms with Gasteiger partial charge in [-0.2, -0.15) is 5.10 Å².